The fraction of sp³-hybridized carbons (Fsp3) is 0.462. The van der Waals surface area contributed by atoms with Gasteiger partial charge in [-0.25, -0.2) is 4.98 Å². The van der Waals surface area contributed by atoms with Crippen molar-refractivity contribution in [2.24, 2.45) is 0 Å². The molecule has 102 valence electrons. The van der Waals surface area contributed by atoms with Crippen LogP contribution in [0.3, 0.4) is 0 Å². The third kappa shape index (κ3) is 2.99. The van der Waals surface area contributed by atoms with Gasteiger partial charge in [0, 0.05) is 12.3 Å². The SMILES string of the molecule is CC1(C)OB(/C=C/c2cc(F)ncc2Cl)OC1(C)C. The summed E-state index contributed by atoms with van der Waals surface area (Å²) >= 11 is 5.93. The molecule has 0 amide bonds. The van der Waals surface area contributed by atoms with Gasteiger partial charge in [0.05, 0.1) is 16.2 Å². The van der Waals surface area contributed by atoms with E-state index in [1.807, 2.05) is 27.7 Å². The molecule has 0 aromatic carbocycles. The summed E-state index contributed by atoms with van der Waals surface area (Å²) < 4.78 is 24.6. The summed E-state index contributed by atoms with van der Waals surface area (Å²) in [5, 5.41) is 0.383. The molecule has 0 spiro atoms. The van der Waals surface area contributed by atoms with Crippen molar-refractivity contribution >= 4 is 24.8 Å². The van der Waals surface area contributed by atoms with Gasteiger partial charge >= 0.3 is 7.12 Å². The van der Waals surface area contributed by atoms with E-state index < -0.39 is 24.3 Å². The van der Waals surface area contributed by atoms with Crippen LogP contribution in [0.4, 0.5) is 4.39 Å². The highest BCUT2D eigenvalue weighted by Gasteiger charge is 2.49. The largest absolute Gasteiger partial charge is 0.487 e. The Labute approximate surface area is 117 Å². The Morgan fingerprint density at radius 2 is 1.84 bits per heavy atom. The first-order valence-electron chi connectivity index (χ1n) is 6.06. The molecule has 1 saturated heterocycles. The molecule has 0 radical (unpaired) electrons. The van der Waals surface area contributed by atoms with E-state index >= 15 is 0 Å². The molecule has 0 saturated carbocycles. The first-order chi connectivity index (χ1) is 8.71. The van der Waals surface area contributed by atoms with Gasteiger partial charge in [-0.2, -0.15) is 4.39 Å². The minimum absolute atomic E-state index is 0.383. The number of halogens is 2. The molecule has 1 aliphatic heterocycles. The minimum Gasteiger partial charge on any atom is -0.400 e. The lowest BCUT2D eigenvalue weighted by atomic mass is 9.89. The normalized spacial score (nSPS) is 21.3. The van der Waals surface area contributed by atoms with E-state index in [9.17, 15) is 4.39 Å². The fourth-order valence-electron chi connectivity index (χ4n) is 1.70. The highest BCUT2D eigenvalue weighted by atomic mass is 35.5. The van der Waals surface area contributed by atoms with Crippen molar-refractivity contribution in [3.8, 4) is 0 Å². The Kier molecular flexibility index (Phi) is 3.73. The highest BCUT2D eigenvalue weighted by molar-refractivity contribution is 6.52. The second-order valence-electron chi connectivity index (χ2n) is 5.51. The molecule has 19 heavy (non-hydrogen) atoms. The van der Waals surface area contributed by atoms with E-state index in [0.717, 1.165) is 0 Å². The standard InChI is InChI=1S/C13H16BClFNO2/c1-12(2)13(3,4)19-14(18-12)6-5-9-7-11(16)17-8-10(9)15/h5-8H,1-4H3/b6-5+. The first kappa shape index (κ1) is 14.5. The maximum Gasteiger partial charge on any atom is 0.487 e. The first-order valence-corrected chi connectivity index (χ1v) is 6.44. The van der Waals surface area contributed by atoms with Crippen LogP contribution in [0.2, 0.25) is 5.02 Å². The molecule has 2 heterocycles. The lowest BCUT2D eigenvalue weighted by Crippen LogP contribution is -2.41. The lowest BCUT2D eigenvalue weighted by molar-refractivity contribution is 0.00578. The van der Waals surface area contributed by atoms with Crippen molar-refractivity contribution in [1.29, 1.82) is 0 Å². The van der Waals surface area contributed by atoms with Crippen molar-refractivity contribution in [2.45, 2.75) is 38.9 Å². The van der Waals surface area contributed by atoms with Crippen molar-refractivity contribution in [3.63, 3.8) is 0 Å². The molecular weight excluding hydrogens is 267 g/mol. The van der Waals surface area contributed by atoms with Crippen molar-refractivity contribution in [3.05, 3.63) is 34.8 Å². The highest BCUT2D eigenvalue weighted by Crippen LogP contribution is 2.37. The van der Waals surface area contributed by atoms with Crippen molar-refractivity contribution in [1.82, 2.24) is 4.98 Å². The van der Waals surface area contributed by atoms with Crippen LogP contribution in [0, 0.1) is 5.95 Å². The molecule has 0 bridgehead atoms. The number of rotatable bonds is 2. The van der Waals surface area contributed by atoms with Crippen LogP contribution in [0.5, 0.6) is 0 Å². The predicted molar refractivity (Wildman–Crippen MR) is 74.3 cm³/mol. The van der Waals surface area contributed by atoms with Gasteiger partial charge < -0.3 is 9.31 Å². The molecule has 6 heteroatoms. The molecule has 0 atom stereocenters. The molecule has 0 N–H and O–H groups in total. The number of hydrogen-bond donors (Lipinski definition) is 0. The van der Waals surface area contributed by atoms with Gasteiger partial charge in [0.25, 0.3) is 0 Å². The zero-order chi connectivity index (χ0) is 14.3. The van der Waals surface area contributed by atoms with Gasteiger partial charge in [0.2, 0.25) is 5.95 Å². The Hall–Kier alpha value is -0.905. The summed E-state index contributed by atoms with van der Waals surface area (Å²) in [6, 6.07) is 1.27. The Morgan fingerprint density at radius 1 is 1.26 bits per heavy atom. The van der Waals surface area contributed by atoms with Gasteiger partial charge in [-0.1, -0.05) is 23.7 Å². The van der Waals surface area contributed by atoms with Crippen molar-refractivity contribution in [2.75, 3.05) is 0 Å². The van der Waals surface area contributed by atoms with Crippen molar-refractivity contribution < 1.29 is 13.7 Å². The molecule has 3 nitrogen and oxygen atoms in total. The number of pyridine rings is 1. The van der Waals surface area contributed by atoms with E-state index in [-0.39, 0.29) is 0 Å². The van der Waals surface area contributed by atoms with E-state index in [1.165, 1.54) is 12.3 Å². The van der Waals surface area contributed by atoms with Crippen LogP contribution in [0.25, 0.3) is 6.08 Å². The minimum atomic E-state index is -0.571. The Morgan fingerprint density at radius 3 is 2.42 bits per heavy atom. The Balaban J connectivity index is 2.15. The summed E-state index contributed by atoms with van der Waals surface area (Å²) in [5.41, 5.74) is -0.242. The van der Waals surface area contributed by atoms with Gasteiger partial charge in [-0.15, -0.1) is 0 Å². The third-order valence-corrected chi connectivity index (χ3v) is 3.87. The van der Waals surface area contributed by atoms with Gasteiger partial charge in [0.15, 0.2) is 0 Å². The van der Waals surface area contributed by atoms with Gasteiger partial charge in [0.1, 0.15) is 0 Å². The van der Waals surface area contributed by atoms with E-state index in [4.69, 9.17) is 20.9 Å². The second-order valence-corrected chi connectivity index (χ2v) is 5.92. The van der Waals surface area contributed by atoms with Gasteiger partial charge in [-0.3, -0.25) is 0 Å². The molecule has 1 fully saturated rings. The zero-order valence-electron chi connectivity index (χ0n) is 11.4. The summed E-state index contributed by atoms with van der Waals surface area (Å²) in [4.78, 5) is 3.47. The average Bonchev–Trinajstić information content (AvgIpc) is 2.49. The van der Waals surface area contributed by atoms with Crippen LogP contribution in [-0.2, 0) is 9.31 Å². The smallest absolute Gasteiger partial charge is 0.400 e. The number of aromatic nitrogens is 1. The molecule has 1 aromatic rings. The molecular formula is C13H16BClFNO2. The number of hydrogen-bond acceptors (Lipinski definition) is 3. The molecule has 0 aliphatic carbocycles. The van der Waals surface area contributed by atoms with E-state index in [2.05, 4.69) is 4.98 Å². The maximum absolute atomic E-state index is 13.0. The average molecular weight is 284 g/mol. The predicted octanol–water partition coefficient (Wildman–Crippen LogP) is 3.52. The molecule has 1 aromatic heterocycles. The van der Waals surface area contributed by atoms with Crippen LogP contribution in [0.1, 0.15) is 33.3 Å². The molecule has 2 rings (SSSR count). The fourth-order valence-corrected chi connectivity index (χ4v) is 1.87. The van der Waals surface area contributed by atoms with Gasteiger partial charge in [-0.05, 0) is 33.3 Å². The zero-order valence-corrected chi connectivity index (χ0v) is 12.2. The summed E-state index contributed by atoms with van der Waals surface area (Å²) in [7, 11) is -0.475. The lowest BCUT2D eigenvalue weighted by Gasteiger charge is -2.32. The van der Waals surface area contributed by atoms with Crippen LogP contribution < -0.4 is 0 Å². The quantitative estimate of drug-likeness (QED) is 0.615. The number of nitrogens with zero attached hydrogens (tertiary/aromatic N) is 1. The maximum atomic E-state index is 13.0. The summed E-state index contributed by atoms with van der Waals surface area (Å²) in [5.74, 6) is 1.15. The molecule has 1 aliphatic rings. The molecule has 0 unspecified atom stereocenters. The van der Waals surface area contributed by atoms with Crippen LogP contribution >= 0.6 is 11.6 Å². The summed E-state index contributed by atoms with van der Waals surface area (Å²) in [6.45, 7) is 7.89. The van der Waals surface area contributed by atoms with Crippen LogP contribution in [0.15, 0.2) is 18.2 Å². The van der Waals surface area contributed by atoms with E-state index in [0.29, 0.717) is 10.6 Å². The topological polar surface area (TPSA) is 31.4 Å². The Bertz CT molecular complexity index is 503. The van der Waals surface area contributed by atoms with Crippen LogP contribution in [-0.4, -0.2) is 23.3 Å². The van der Waals surface area contributed by atoms with E-state index in [1.54, 1.807) is 12.1 Å². The monoisotopic (exact) mass is 283 g/mol. The third-order valence-electron chi connectivity index (χ3n) is 3.56. The second kappa shape index (κ2) is 4.89. The summed E-state index contributed by atoms with van der Waals surface area (Å²) in [6.07, 6.45) is 2.95.